The molecule has 7 heteroatoms. The van der Waals surface area contributed by atoms with Gasteiger partial charge in [0.15, 0.2) is 11.5 Å². The van der Waals surface area contributed by atoms with Gasteiger partial charge in [0.2, 0.25) is 5.91 Å². The number of amides is 1. The van der Waals surface area contributed by atoms with E-state index in [4.69, 9.17) is 0 Å². The average molecular weight is 262 g/mol. The van der Waals surface area contributed by atoms with Crippen molar-refractivity contribution in [3.05, 3.63) is 18.6 Å². The normalized spacial score (nSPS) is 10.7. The third-order valence-corrected chi connectivity index (χ3v) is 2.50. The molecule has 1 amide bonds. The first-order valence-electron chi connectivity index (χ1n) is 6.15. The van der Waals surface area contributed by atoms with Crippen LogP contribution in [0.25, 0.3) is 5.65 Å². The van der Waals surface area contributed by atoms with Gasteiger partial charge in [0.25, 0.3) is 0 Å². The highest BCUT2D eigenvalue weighted by Crippen LogP contribution is 2.15. The predicted molar refractivity (Wildman–Crippen MR) is 74.3 cm³/mol. The number of nitrogens with one attached hydrogen (secondary N) is 3. The van der Waals surface area contributed by atoms with Crippen LogP contribution < -0.4 is 16.0 Å². The molecule has 19 heavy (non-hydrogen) atoms. The van der Waals surface area contributed by atoms with Gasteiger partial charge in [-0.25, -0.2) is 9.97 Å². The molecule has 3 N–H and O–H groups in total. The van der Waals surface area contributed by atoms with E-state index >= 15 is 0 Å². The van der Waals surface area contributed by atoms with E-state index in [1.54, 1.807) is 13.2 Å². The van der Waals surface area contributed by atoms with Gasteiger partial charge in [0.1, 0.15) is 5.82 Å². The largest absolute Gasteiger partial charge is 0.372 e. The second-order valence-corrected chi connectivity index (χ2v) is 4.46. The van der Waals surface area contributed by atoms with Crippen LogP contribution in [0.2, 0.25) is 0 Å². The van der Waals surface area contributed by atoms with Crippen molar-refractivity contribution in [2.75, 3.05) is 24.2 Å². The molecule has 0 aromatic carbocycles. The first kappa shape index (κ1) is 13.1. The minimum absolute atomic E-state index is 0.0728. The van der Waals surface area contributed by atoms with Crippen LogP contribution in [0.3, 0.4) is 0 Å². The van der Waals surface area contributed by atoms with Crippen LogP contribution in [0.5, 0.6) is 0 Å². The van der Waals surface area contributed by atoms with Crippen LogP contribution in [-0.4, -0.2) is 39.9 Å². The van der Waals surface area contributed by atoms with Crippen LogP contribution in [0.4, 0.5) is 11.6 Å². The minimum atomic E-state index is -0.0728. The van der Waals surface area contributed by atoms with E-state index < -0.39 is 0 Å². The quantitative estimate of drug-likeness (QED) is 0.739. The Morgan fingerprint density at radius 2 is 2.26 bits per heavy atom. The van der Waals surface area contributed by atoms with Crippen molar-refractivity contribution in [1.29, 1.82) is 0 Å². The van der Waals surface area contributed by atoms with E-state index in [0.29, 0.717) is 17.3 Å². The number of anilines is 2. The lowest BCUT2D eigenvalue weighted by Gasteiger charge is -2.11. The number of hydrogen-bond donors (Lipinski definition) is 3. The van der Waals surface area contributed by atoms with Crippen LogP contribution in [-0.2, 0) is 4.79 Å². The summed E-state index contributed by atoms with van der Waals surface area (Å²) in [6, 6.07) is 0.123. The third kappa shape index (κ3) is 3.12. The highest BCUT2D eigenvalue weighted by atomic mass is 16.1. The molecule has 0 saturated heterocycles. The zero-order valence-electron chi connectivity index (χ0n) is 11.3. The number of carbonyl (C=O) groups is 1. The summed E-state index contributed by atoms with van der Waals surface area (Å²) < 4.78 is 1.85. The van der Waals surface area contributed by atoms with Crippen LogP contribution in [0.15, 0.2) is 18.6 Å². The van der Waals surface area contributed by atoms with Gasteiger partial charge < -0.3 is 20.4 Å². The van der Waals surface area contributed by atoms with Crippen molar-refractivity contribution >= 4 is 23.2 Å². The third-order valence-electron chi connectivity index (χ3n) is 2.50. The van der Waals surface area contributed by atoms with Crippen molar-refractivity contribution in [2.24, 2.45) is 0 Å². The van der Waals surface area contributed by atoms with Gasteiger partial charge >= 0.3 is 0 Å². The molecule has 0 aliphatic rings. The van der Waals surface area contributed by atoms with Gasteiger partial charge in [-0.05, 0) is 13.8 Å². The second-order valence-electron chi connectivity index (χ2n) is 4.46. The lowest BCUT2D eigenvalue weighted by Crippen LogP contribution is -2.35. The molecular weight excluding hydrogens is 244 g/mol. The van der Waals surface area contributed by atoms with E-state index in [0.717, 1.165) is 0 Å². The van der Waals surface area contributed by atoms with Crippen LogP contribution in [0, 0.1) is 0 Å². The second kappa shape index (κ2) is 5.55. The molecule has 2 aromatic rings. The molecule has 2 heterocycles. The molecule has 102 valence electrons. The smallest absolute Gasteiger partial charge is 0.239 e. The molecule has 0 aliphatic carbocycles. The van der Waals surface area contributed by atoms with Gasteiger partial charge in [-0.15, -0.1) is 0 Å². The van der Waals surface area contributed by atoms with Crippen molar-refractivity contribution in [3.63, 3.8) is 0 Å². The van der Waals surface area contributed by atoms with E-state index in [1.807, 2.05) is 30.6 Å². The van der Waals surface area contributed by atoms with Gasteiger partial charge in [-0.2, -0.15) is 0 Å². The van der Waals surface area contributed by atoms with Crippen LogP contribution in [0.1, 0.15) is 13.8 Å². The molecule has 0 saturated carbocycles. The molecular formula is C12H18N6O. The van der Waals surface area contributed by atoms with E-state index in [2.05, 4.69) is 25.9 Å². The Morgan fingerprint density at radius 1 is 1.47 bits per heavy atom. The summed E-state index contributed by atoms with van der Waals surface area (Å²) in [7, 11) is 1.79. The predicted octanol–water partition coefficient (Wildman–Crippen LogP) is 0.707. The van der Waals surface area contributed by atoms with E-state index in [-0.39, 0.29) is 18.5 Å². The Labute approximate surface area is 111 Å². The fourth-order valence-corrected chi connectivity index (χ4v) is 1.71. The van der Waals surface area contributed by atoms with Crippen molar-refractivity contribution in [1.82, 2.24) is 19.7 Å². The number of hydrogen-bond acceptors (Lipinski definition) is 5. The zero-order chi connectivity index (χ0) is 13.8. The number of nitrogens with zero attached hydrogens (tertiary/aromatic N) is 3. The van der Waals surface area contributed by atoms with Gasteiger partial charge in [-0.3, -0.25) is 4.79 Å². The molecule has 0 aliphatic heterocycles. The number of imidazole rings is 1. The lowest BCUT2D eigenvalue weighted by molar-refractivity contribution is -0.119. The number of carbonyl (C=O) groups excluding carboxylic acids is 1. The van der Waals surface area contributed by atoms with E-state index in [9.17, 15) is 4.79 Å². The average Bonchev–Trinajstić information content (AvgIpc) is 2.82. The van der Waals surface area contributed by atoms with Crippen molar-refractivity contribution < 1.29 is 4.79 Å². The summed E-state index contributed by atoms with van der Waals surface area (Å²) in [6.07, 6.45) is 5.36. The Balaban J connectivity index is 2.15. The Hall–Kier alpha value is -2.31. The fraction of sp³-hybridized carbons (Fsp3) is 0.417. The molecule has 0 unspecified atom stereocenters. The van der Waals surface area contributed by atoms with Crippen LogP contribution >= 0.6 is 0 Å². The Morgan fingerprint density at radius 3 is 2.95 bits per heavy atom. The number of aromatic nitrogens is 3. The highest BCUT2D eigenvalue weighted by Gasteiger charge is 2.09. The maximum absolute atomic E-state index is 11.6. The van der Waals surface area contributed by atoms with Gasteiger partial charge in [0.05, 0.1) is 12.7 Å². The standard InChI is InChI=1S/C12H18N6O/c1-8(2)16-10(19)6-15-11-12-14-4-5-18(12)7-9(13-3)17-11/h4-5,7-8,13H,6H2,1-3H3,(H,15,17)(H,16,19). The summed E-state index contributed by atoms with van der Waals surface area (Å²) in [5.74, 6) is 1.21. The molecule has 2 rings (SSSR count). The van der Waals surface area contributed by atoms with Gasteiger partial charge in [0, 0.05) is 25.5 Å². The highest BCUT2D eigenvalue weighted by molar-refractivity contribution is 5.82. The van der Waals surface area contributed by atoms with E-state index in [1.165, 1.54) is 0 Å². The zero-order valence-corrected chi connectivity index (χ0v) is 11.3. The van der Waals surface area contributed by atoms with Gasteiger partial charge in [-0.1, -0.05) is 0 Å². The summed E-state index contributed by atoms with van der Waals surface area (Å²) in [4.78, 5) is 20.2. The number of fused-ring (bicyclic) bond motifs is 1. The first-order chi connectivity index (χ1) is 9.10. The summed E-state index contributed by atoms with van der Waals surface area (Å²) in [5, 5.41) is 8.79. The molecule has 7 nitrogen and oxygen atoms in total. The maximum Gasteiger partial charge on any atom is 0.239 e. The first-order valence-corrected chi connectivity index (χ1v) is 6.15. The monoisotopic (exact) mass is 262 g/mol. The molecule has 0 spiro atoms. The lowest BCUT2D eigenvalue weighted by atomic mass is 10.4. The summed E-state index contributed by atoms with van der Waals surface area (Å²) >= 11 is 0. The Bertz CT molecular complexity index is 577. The van der Waals surface area contributed by atoms with Crippen molar-refractivity contribution in [2.45, 2.75) is 19.9 Å². The molecule has 0 radical (unpaired) electrons. The minimum Gasteiger partial charge on any atom is -0.372 e. The molecule has 0 bridgehead atoms. The Kier molecular flexibility index (Phi) is 3.84. The summed E-state index contributed by atoms with van der Waals surface area (Å²) in [5.41, 5.74) is 0.691. The topological polar surface area (TPSA) is 83.3 Å². The summed E-state index contributed by atoms with van der Waals surface area (Å²) in [6.45, 7) is 4.01. The van der Waals surface area contributed by atoms with Crippen molar-refractivity contribution in [3.8, 4) is 0 Å². The number of rotatable bonds is 5. The fourth-order valence-electron chi connectivity index (χ4n) is 1.71. The molecule has 2 aromatic heterocycles. The molecule has 0 fully saturated rings. The SMILES string of the molecule is CNc1cn2ccnc2c(NCC(=O)NC(C)C)n1. The molecule has 0 atom stereocenters. The maximum atomic E-state index is 11.6.